The Kier molecular flexibility index (Phi) is 3.38. The molecule has 2 bridgehead atoms. The van der Waals surface area contributed by atoms with Crippen LogP contribution in [0.25, 0.3) is 10.9 Å². The summed E-state index contributed by atoms with van der Waals surface area (Å²) >= 11 is 0. The van der Waals surface area contributed by atoms with Crippen LogP contribution in [0.5, 0.6) is 0 Å². The molecule has 3 saturated heterocycles. The number of H-pyrrole nitrogens is 1. The van der Waals surface area contributed by atoms with Crippen LogP contribution in [0.3, 0.4) is 0 Å². The number of para-hydroxylation sites is 1. The first-order chi connectivity index (χ1) is 11.9. The Balaban J connectivity index is 1.29. The second-order valence-corrected chi connectivity index (χ2v) is 6.97. The summed E-state index contributed by atoms with van der Waals surface area (Å²) in [5.74, 6) is 0.783. The fourth-order valence-electron chi connectivity index (χ4n) is 4.19. The summed E-state index contributed by atoms with van der Waals surface area (Å²) in [6.07, 6.45) is 6.36. The van der Waals surface area contributed by atoms with Gasteiger partial charge in [-0.25, -0.2) is 4.99 Å². The topological polar surface area (TPSA) is 67.8 Å². The minimum atomic E-state index is -0.121. The van der Waals surface area contributed by atoms with Crippen LogP contribution < -0.4 is 10.7 Å². The van der Waals surface area contributed by atoms with Crippen LogP contribution in [0.1, 0.15) is 18.4 Å². The number of aliphatic imine (C=N–C) groups is 1. The maximum Gasteiger partial charge on any atom is 0.188 e. The van der Waals surface area contributed by atoms with Crippen LogP contribution in [-0.2, 0) is 0 Å². The number of nitrogens with one attached hydrogen (secondary N) is 3. The van der Waals surface area contributed by atoms with E-state index < -0.39 is 0 Å². The number of hydrogen-bond acceptors (Lipinski definition) is 5. The van der Waals surface area contributed by atoms with E-state index in [1.165, 1.54) is 31.3 Å². The standard InChI is InChI=1S/C18H22N6/c1-2-4-15-13(3-1)14(9-19-15)16-10-20-18(23-22-16)21-17-11-24-7-5-12(17)6-8-24/h1-4,9-10,12,17-19,21,23H,5-8,11H2/t17-,18?/m1/s1. The van der Waals surface area contributed by atoms with Gasteiger partial charge in [0, 0.05) is 35.2 Å². The van der Waals surface area contributed by atoms with E-state index in [9.17, 15) is 0 Å². The predicted octanol–water partition coefficient (Wildman–Crippen LogP) is 1.51. The highest BCUT2D eigenvalue weighted by molar-refractivity contribution is 6.41. The molecule has 3 fully saturated rings. The second kappa shape index (κ2) is 5.72. The number of piperidine rings is 3. The number of rotatable bonds is 3. The number of nitrogens with zero attached hydrogens (tertiary/aromatic N) is 3. The minimum Gasteiger partial charge on any atom is -0.360 e. The number of aromatic amines is 1. The molecule has 1 aromatic heterocycles. The van der Waals surface area contributed by atoms with Gasteiger partial charge in [-0.15, -0.1) is 0 Å². The van der Waals surface area contributed by atoms with E-state index in [2.05, 4.69) is 42.9 Å². The first-order valence-electron chi connectivity index (χ1n) is 8.78. The molecule has 2 atom stereocenters. The lowest BCUT2D eigenvalue weighted by atomic mass is 9.84. The molecular formula is C18H22N6. The Labute approximate surface area is 141 Å². The van der Waals surface area contributed by atoms with Gasteiger partial charge in [-0.1, -0.05) is 18.2 Å². The minimum absolute atomic E-state index is 0.121. The highest BCUT2D eigenvalue weighted by Crippen LogP contribution is 2.27. The third-order valence-corrected chi connectivity index (χ3v) is 5.55. The van der Waals surface area contributed by atoms with Crippen molar-refractivity contribution in [1.29, 1.82) is 0 Å². The number of hydrogen-bond donors (Lipinski definition) is 3. The van der Waals surface area contributed by atoms with Gasteiger partial charge in [0.05, 0.1) is 6.21 Å². The van der Waals surface area contributed by atoms with Crippen molar-refractivity contribution in [1.82, 2.24) is 20.6 Å². The quantitative estimate of drug-likeness (QED) is 0.802. The summed E-state index contributed by atoms with van der Waals surface area (Å²) in [5, 5.41) is 9.35. The van der Waals surface area contributed by atoms with Crippen molar-refractivity contribution >= 4 is 22.8 Å². The average molecular weight is 322 g/mol. The first kappa shape index (κ1) is 14.2. The molecule has 124 valence electrons. The molecule has 0 aliphatic carbocycles. The molecule has 0 amide bonds. The summed E-state index contributed by atoms with van der Waals surface area (Å²) < 4.78 is 0. The van der Waals surface area contributed by atoms with Crippen molar-refractivity contribution in [2.24, 2.45) is 16.0 Å². The molecule has 0 radical (unpaired) electrons. The smallest absolute Gasteiger partial charge is 0.188 e. The van der Waals surface area contributed by atoms with Gasteiger partial charge in [0.25, 0.3) is 0 Å². The zero-order valence-electron chi connectivity index (χ0n) is 13.6. The first-order valence-corrected chi connectivity index (χ1v) is 8.78. The van der Waals surface area contributed by atoms with Gasteiger partial charge in [0.15, 0.2) is 6.29 Å². The summed E-state index contributed by atoms with van der Waals surface area (Å²) in [6, 6.07) is 8.78. The van der Waals surface area contributed by atoms with Crippen molar-refractivity contribution in [2.45, 2.75) is 25.2 Å². The summed E-state index contributed by atoms with van der Waals surface area (Å²) in [5.41, 5.74) is 6.26. The zero-order valence-corrected chi connectivity index (χ0v) is 13.6. The predicted molar refractivity (Wildman–Crippen MR) is 96.3 cm³/mol. The normalized spacial score (nSPS) is 31.9. The number of aromatic nitrogens is 1. The van der Waals surface area contributed by atoms with E-state index >= 15 is 0 Å². The van der Waals surface area contributed by atoms with E-state index in [0.717, 1.165) is 29.3 Å². The van der Waals surface area contributed by atoms with Gasteiger partial charge in [-0.2, -0.15) is 5.10 Å². The molecule has 6 rings (SSSR count). The lowest BCUT2D eigenvalue weighted by molar-refractivity contribution is 0.0652. The maximum absolute atomic E-state index is 4.64. The van der Waals surface area contributed by atoms with E-state index in [1.807, 2.05) is 24.5 Å². The van der Waals surface area contributed by atoms with Gasteiger partial charge in [0.1, 0.15) is 5.71 Å². The van der Waals surface area contributed by atoms with E-state index in [1.54, 1.807) is 0 Å². The average Bonchev–Trinajstić information content (AvgIpc) is 3.08. The Morgan fingerprint density at radius 1 is 1.17 bits per heavy atom. The molecule has 5 heterocycles. The third-order valence-electron chi connectivity index (χ3n) is 5.55. The molecule has 4 aliphatic rings. The molecule has 24 heavy (non-hydrogen) atoms. The van der Waals surface area contributed by atoms with Crippen LogP contribution in [0.15, 0.2) is 40.6 Å². The summed E-state index contributed by atoms with van der Waals surface area (Å²) in [7, 11) is 0. The molecule has 1 aromatic carbocycles. The van der Waals surface area contributed by atoms with E-state index in [-0.39, 0.29) is 6.29 Å². The second-order valence-electron chi connectivity index (χ2n) is 6.97. The Morgan fingerprint density at radius 2 is 2.04 bits per heavy atom. The fourth-order valence-corrected chi connectivity index (χ4v) is 4.19. The molecule has 0 spiro atoms. The molecule has 4 aliphatic heterocycles. The van der Waals surface area contributed by atoms with Gasteiger partial charge in [-0.3, -0.25) is 10.7 Å². The molecule has 6 heteroatoms. The van der Waals surface area contributed by atoms with Crippen LogP contribution in [-0.4, -0.2) is 53.8 Å². The molecule has 2 aromatic rings. The van der Waals surface area contributed by atoms with Crippen molar-refractivity contribution < 1.29 is 0 Å². The molecule has 0 saturated carbocycles. The van der Waals surface area contributed by atoms with Gasteiger partial charge in [-0.05, 0) is 37.9 Å². The Hall–Kier alpha value is -2.18. The van der Waals surface area contributed by atoms with Crippen molar-refractivity contribution in [3.8, 4) is 0 Å². The lowest BCUT2D eigenvalue weighted by Gasteiger charge is -2.45. The van der Waals surface area contributed by atoms with Crippen LogP contribution in [0.2, 0.25) is 0 Å². The van der Waals surface area contributed by atoms with Gasteiger partial charge < -0.3 is 9.88 Å². The largest absolute Gasteiger partial charge is 0.360 e. The Bertz CT molecular complexity index is 799. The highest BCUT2D eigenvalue weighted by Gasteiger charge is 2.35. The summed E-state index contributed by atoms with van der Waals surface area (Å²) in [4.78, 5) is 10.5. The van der Waals surface area contributed by atoms with Crippen LogP contribution >= 0.6 is 0 Å². The van der Waals surface area contributed by atoms with Gasteiger partial charge >= 0.3 is 0 Å². The fraction of sp³-hybridized carbons (Fsp3) is 0.444. The number of fused-ring (bicyclic) bond motifs is 4. The van der Waals surface area contributed by atoms with Crippen molar-refractivity contribution in [3.05, 3.63) is 36.0 Å². The lowest BCUT2D eigenvalue weighted by Crippen LogP contribution is -2.59. The highest BCUT2D eigenvalue weighted by atomic mass is 15.4. The SMILES string of the molecule is C1=NC(N[C@@H]2CN3CCC2CC3)NN=C1c1c[nH]c2ccccc12. The van der Waals surface area contributed by atoms with Crippen molar-refractivity contribution in [3.63, 3.8) is 0 Å². The summed E-state index contributed by atoms with van der Waals surface area (Å²) in [6.45, 7) is 3.65. The number of hydrazone groups is 1. The van der Waals surface area contributed by atoms with Crippen LogP contribution in [0, 0.1) is 5.92 Å². The molecular weight excluding hydrogens is 300 g/mol. The molecule has 6 nitrogen and oxygen atoms in total. The van der Waals surface area contributed by atoms with Gasteiger partial charge in [0.2, 0.25) is 0 Å². The molecule has 1 unspecified atom stereocenters. The molecule has 3 N–H and O–H groups in total. The monoisotopic (exact) mass is 322 g/mol. The van der Waals surface area contributed by atoms with E-state index in [4.69, 9.17) is 0 Å². The van der Waals surface area contributed by atoms with Crippen molar-refractivity contribution in [2.75, 3.05) is 19.6 Å². The van der Waals surface area contributed by atoms with E-state index in [0.29, 0.717) is 6.04 Å². The van der Waals surface area contributed by atoms with Crippen LogP contribution in [0.4, 0.5) is 0 Å². The third kappa shape index (κ3) is 2.42. The maximum atomic E-state index is 4.64. The zero-order chi connectivity index (χ0) is 15.9. The number of benzene rings is 1. The Morgan fingerprint density at radius 3 is 2.79 bits per heavy atom.